The number of aromatic carboxylic acids is 1. The molecule has 0 spiro atoms. The Morgan fingerprint density at radius 2 is 2.15 bits per heavy atom. The van der Waals surface area contributed by atoms with Crippen molar-refractivity contribution in [2.75, 3.05) is 6.61 Å². The second-order valence-electron chi connectivity index (χ2n) is 5.22. The Morgan fingerprint density at radius 1 is 1.45 bits per heavy atom. The van der Waals surface area contributed by atoms with Gasteiger partial charge in [-0.15, -0.1) is 0 Å². The highest BCUT2D eigenvalue weighted by Gasteiger charge is 2.17. The number of halogens is 1. The lowest BCUT2D eigenvalue weighted by Gasteiger charge is -2.14. The van der Waals surface area contributed by atoms with E-state index in [0.717, 1.165) is 18.9 Å². The first-order valence-electron chi connectivity index (χ1n) is 6.43. The summed E-state index contributed by atoms with van der Waals surface area (Å²) >= 11 is 0. The van der Waals surface area contributed by atoms with Crippen molar-refractivity contribution in [2.45, 2.75) is 33.1 Å². The van der Waals surface area contributed by atoms with Gasteiger partial charge in [0.1, 0.15) is 17.1 Å². The molecule has 1 aromatic rings. The summed E-state index contributed by atoms with van der Waals surface area (Å²) in [6.45, 7) is 4.02. The number of carboxylic acids is 1. The number of unbranched alkanes of at least 4 members (excludes halogenated alkanes) is 1. The van der Waals surface area contributed by atoms with Gasteiger partial charge in [-0.1, -0.05) is 6.07 Å². The zero-order valence-electron chi connectivity index (χ0n) is 11.6. The third-order valence-electron chi connectivity index (χ3n) is 2.95. The van der Waals surface area contributed by atoms with Gasteiger partial charge in [-0.3, -0.25) is 0 Å². The Hall–Kier alpha value is -2.09. The first kappa shape index (κ1) is 16.0. The minimum absolute atomic E-state index is 0.0389. The van der Waals surface area contributed by atoms with Gasteiger partial charge < -0.3 is 9.84 Å². The predicted molar refractivity (Wildman–Crippen MR) is 72.1 cm³/mol. The molecule has 20 heavy (non-hydrogen) atoms. The first-order chi connectivity index (χ1) is 9.37. The monoisotopic (exact) mass is 279 g/mol. The minimum Gasteiger partial charge on any atom is -0.493 e. The molecule has 1 aromatic carbocycles. The maximum Gasteiger partial charge on any atom is 0.342 e. The van der Waals surface area contributed by atoms with Crippen molar-refractivity contribution in [2.24, 2.45) is 5.41 Å². The number of nitrogens with zero attached hydrogens (tertiary/aromatic N) is 1. The van der Waals surface area contributed by atoms with Crippen molar-refractivity contribution in [1.82, 2.24) is 0 Å². The van der Waals surface area contributed by atoms with Gasteiger partial charge >= 0.3 is 5.97 Å². The second kappa shape index (κ2) is 6.90. The molecule has 0 heterocycles. The molecule has 0 amide bonds. The summed E-state index contributed by atoms with van der Waals surface area (Å²) in [5, 5.41) is 17.8. The Kier molecular flexibility index (Phi) is 5.51. The molecule has 4 nitrogen and oxygen atoms in total. The third kappa shape index (κ3) is 4.54. The van der Waals surface area contributed by atoms with E-state index in [-0.39, 0.29) is 11.2 Å². The van der Waals surface area contributed by atoms with E-state index < -0.39 is 17.3 Å². The minimum atomic E-state index is -1.34. The molecule has 1 rings (SSSR count). The van der Waals surface area contributed by atoms with E-state index in [1.165, 1.54) is 12.1 Å². The number of ether oxygens (including phenoxy) is 1. The van der Waals surface area contributed by atoms with Crippen molar-refractivity contribution in [3.05, 3.63) is 29.6 Å². The van der Waals surface area contributed by atoms with Crippen LogP contribution in [0.25, 0.3) is 0 Å². The summed E-state index contributed by atoms with van der Waals surface area (Å²) in [5.74, 6) is -2.11. The van der Waals surface area contributed by atoms with E-state index in [0.29, 0.717) is 13.0 Å². The van der Waals surface area contributed by atoms with Crippen LogP contribution in [0.3, 0.4) is 0 Å². The number of benzene rings is 1. The van der Waals surface area contributed by atoms with Crippen LogP contribution in [0.15, 0.2) is 18.2 Å². The molecule has 5 heteroatoms. The SMILES string of the molecule is CC(C)(C#N)CCCCOc1cccc(F)c1C(=O)O. The standard InChI is InChI=1S/C15H18FNO3/c1-15(2,10-17)8-3-4-9-20-12-7-5-6-11(16)13(12)14(18)19/h5-7H,3-4,8-9H2,1-2H3,(H,18,19). The Balaban J connectivity index is 2.50. The summed E-state index contributed by atoms with van der Waals surface area (Å²) in [4.78, 5) is 10.9. The van der Waals surface area contributed by atoms with Gasteiger partial charge in [0.15, 0.2) is 0 Å². The van der Waals surface area contributed by atoms with E-state index in [1.54, 1.807) is 0 Å². The van der Waals surface area contributed by atoms with E-state index >= 15 is 0 Å². The average molecular weight is 279 g/mol. The molecule has 0 radical (unpaired) electrons. The highest BCUT2D eigenvalue weighted by atomic mass is 19.1. The first-order valence-corrected chi connectivity index (χ1v) is 6.43. The van der Waals surface area contributed by atoms with Gasteiger partial charge in [0, 0.05) is 0 Å². The summed E-state index contributed by atoms with van der Waals surface area (Å²) in [6, 6.07) is 6.15. The molecule has 0 bridgehead atoms. The van der Waals surface area contributed by atoms with Crippen LogP contribution in [0.5, 0.6) is 5.75 Å². The van der Waals surface area contributed by atoms with Gasteiger partial charge in [-0.25, -0.2) is 9.18 Å². The van der Waals surface area contributed by atoms with Crippen LogP contribution in [0.2, 0.25) is 0 Å². The van der Waals surface area contributed by atoms with Crippen LogP contribution in [-0.4, -0.2) is 17.7 Å². The highest BCUT2D eigenvalue weighted by molar-refractivity contribution is 5.91. The van der Waals surface area contributed by atoms with Gasteiger partial charge in [-0.05, 0) is 45.2 Å². The smallest absolute Gasteiger partial charge is 0.342 e. The van der Waals surface area contributed by atoms with Crippen LogP contribution < -0.4 is 4.74 Å². The van der Waals surface area contributed by atoms with Crippen molar-refractivity contribution < 1.29 is 19.0 Å². The van der Waals surface area contributed by atoms with E-state index in [2.05, 4.69) is 6.07 Å². The maximum atomic E-state index is 13.4. The van der Waals surface area contributed by atoms with Crippen LogP contribution in [0.4, 0.5) is 4.39 Å². The number of nitriles is 1. The van der Waals surface area contributed by atoms with Gasteiger partial charge in [0.05, 0.1) is 18.1 Å². The second-order valence-corrected chi connectivity index (χ2v) is 5.22. The number of rotatable bonds is 7. The van der Waals surface area contributed by atoms with Gasteiger partial charge in [0.25, 0.3) is 0 Å². The lowest BCUT2D eigenvalue weighted by molar-refractivity contribution is 0.0686. The molecule has 0 saturated heterocycles. The highest BCUT2D eigenvalue weighted by Crippen LogP contribution is 2.23. The van der Waals surface area contributed by atoms with Crippen LogP contribution in [0.1, 0.15) is 43.5 Å². The van der Waals surface area contributed by atoms with Crippen molar-refractivity contribution in [3.8, 4) is 11.8 Å². The summed E-state index contributed by atoms with van der Waals surface area (Å²) < 4.78 is 18.7. The Labute approximate surface area is 117 Å². The molecule has 0 aliphatic rings. The lowest BCUT2D eigenvalue weighted by Crippen LogP contribution is -2.09. The third-order valence-corrected chi connectivity index (χ3v) is 2.95. The molecule has 0 aliphatic carbocycles. The lowest BCUT2D eigenvalue weighted by atomic mass is 9.89. The molecule has 1 N–H and O–H groups in total. The van der Waals surface area contributed by atoms with E-state index in [4.69, 9.17) is 15.1 Å². The molecular weight excluding hydrogens is 261 g/mol. The molecule has 0 unspecified atom stereocenters. The van der Waals surface area contributed by atoms with E-state index in [9.17, 15) is 9.18 Å². The molecule has 0 aliphatic heterocycles. The average Bonchev–Trinajstić information content (AvgIpc) is 2.37. The topological polar surface area (TPSA) is 70.3 Å². The number of carboxylic acid groups (broad SMARTS) is 1. The maximum absolute atomic E-state index is 13.4. The van der Waals surface area contributed by atoms with Crippen LogP contribution in [-0.2, 0) is 0 Å². The summed E-state index contributed by atoms with van der Waals surface area (Å²) in [5.41, 5.74) is -0.810. The van der Waals surface area contributed by atoms with Crippen molar-refractivity contribution in [1.29, 1.82) is 5.26 Å². The fourth-order valence-corrected chi connectivity index (χ4v) is 1.74. The largest absolute Gasteiger partial charge is 0.493 e. The molecule has 0 atom stereocenters. The normalized spacial score (nSPS) is 10.9. The molecule has 0 saturated carbocycles. The number of hydrogen-bond donors (Lipinski definition) is 1. The number of carbonyl (C=O) groups is 1. The van der Waals surface area contributed by atoms with E-state index in [1.807, 2.05) is 13.8 Å². The molecule has 108 valence electrons. The van der Waals surface area contributed by atoms with Gasteiger partial charge in [0.2, 0.25) is 0 Å². The van der Waals surface area contributed by atoms with Crippen molar-refractivity contribution >= 4 is 5.97 Å². The Bertz CT molecular complexity index is 520. The molecule has 0 aromatic heterocycles. The fourth-order valence-electron chi connectivity index (χ4n) is 1.74. The van der Waals surface area contributed by atoms with Crippen molar-refractivity contribution in [3.63, 3.8) is 0 Å². The van der Waals surface area contributed by atoms with Crippen LogP contribution >= 0.6 is 0 Å². The van der Waals surface area contributed by atoms with Crippen LogP contribution in [0, 0.1) is 22.6 Å². The Morgan fingerprint density at radius 3 is 2.75 bits per heavy atom. The molecular formula is C15H18FNO3. The summed E-state index contributed by atoms with van der Waals surface area (Å²) in [6.07, 6.45) is 2.21. The number of hydrogen-bond acceptors (Lipinski definition) is 3. The summed E-state index contributed by atoms with van der Waals surface area (Å²) in [7, 11) is 0. The molecule has 0 fully saturated rings. The fraction of sp³-hybridized carbons (Fsp3) is 0.467. The zero-order valence-corrected chi connectivity index (χ0v) is 11.6. The van der Waals surface area contributed by atoms with Gasteiger partial charge in [-0.2, -0.15) is 5.26 Å². The predicted octanol–water partition coefficient (Wildman–Crippen LogP) is 3.62. The quantitative estimate of drug-likeness (QED) is 0.774. The zero-order chi connectivity index (χ0) is 15.2.